The Kier molecular flexibility index (Phi) is 5.44. The lowest BCUT2D eigenvalue weighted by Crippen LogP contribution is -2.46. The number of rotatable bonds is 5. The molecule has 2 aliphatic carbocycles. The van der Waals surface area contributed by atoms with Crippen molar-refractivity contribution in [3.8, 4) is 0 Å². The van der Waals surface area contributed by atoms with Gasteiger partial charge in [0, 0.05) is 6.61 Å². The zero-order valence-electron chi connectivity index (χ0n) is 15.3. The van der Waals surface area contributed by atoms with Crippen molar-refractivity contribution in [1.82, 2.24) is 0 Å². The molecule has 0 aromatic heterocycles. The summed E-state index contributed by atoms with van der Waals surface area (Å²) < 4.78 is 6.45. The average molecular weight is 309 g/mol. The van der Waals surface area contributed by atoms with Crippen molar-refractivity contribution in [3.05, 3.63) is 12.2 Å². The van der Waals surface area contributed by atoms with Gasteiger partial charge in [-0.05, 0) is 89.4 Å². The molecule has 0 amide bonds. The topological polar surface area (TPSA) is 29.5 Å². The van der Waals surface area contributed by atoms with Gasteiger partial charge in [-0.25, -0.2) is 0 Å². The fourth-order valence-corrected chi connectivity index (χ4v) is 5.20. The highest BCUT2D eigenvalue weighted by molar-refractivity contribution is 5.10. The summed E-state index contributed by atoms with van der Waals surface area (Å²) in [4.78, 5) is 0. The van der Waals surface area contributed by atoms with Crippen LogP contribution in [0.15, 0.2) is 12.2 Å². The Morgan fingerprint density at radius 3 is 2.50 bits per heavy atom. The van der Waals surface area contributed by atoms with Crippen LogP contribution in [0.5, 0.6) is 0 Å². The summed E-state index contributed by atoms with van der Waals surface area (Å²) in [5.41, 5.74) is 1.58. The third-order valence-corrected chi connectivity index (χ3v) is 6.17. The van der Waals surface area contributed by atoms with E-state index in [2.05, 4.69) is 41.2 Å². The second-order valence-electron chi connectivity index (χ2n) is 8.93. The van der Waals surface area contributed by atoms with Crippen LogP contribution in [0.1, 0.15) is 73.1 Å². The first-order valence-corrected chi connectivity index (χ1v) is 9.13. The maximum Gasteiger partial charge on any atom is 0.0638 e. The Morgan fingerprint density at radius 1 is 1.27 bits per heavy atom. The largest absolute Gasteiger partial charge is 0.396 e. The molecule has 0 bridgehead atoms. The highest BCUT2D eigenvalue weighted by Crippen LogP contribution is 2.59. The van der Waals surface area contributed by atoms with E-state index in [1.807, 2.05) is 0 Å². The highest BCUT2D eigenvalue weighted by Gasteiger charge is 2.54. The van der Waals surface area contributed by atoms with Gasteiger partial charge >= 0.3 is 0 Å². The maximum atomic E-state index is 9.28. The van der Waals surface area contributed by atoms with Gasteiger partial charge in [0.15, 0.2) is 0 Å². The number of aliphatic hydroxyl groups is 1. The second kappa shape index (κ2) is 6.65. The molecule has 2 aliphatic rings. The molecule has 0 spiro atoms. The molecule has 2 nitrogen and oxygen atoms in total. The fraction of sp³-hybridized carbons (Fsp3) is 0.900. The Morgan fingerprint density at radius 2 is 1.95 bits per heavy atom. The van der Waals surface area contributed by atoms with Crippen molar-refractivity contribution in [3.63, 3.8) is 0 Å². The minimum Gasteiger partial charge on any atom is -0.396 e. The first kappa shape index (κ1) is 18.0. The Bertz CT molecular complexity index is 395. The van der Waals surface area contributed by atoms with E-state index < -0.39 is 0 Å². The van der Waals surface area contributed by atoms with Crippen molar-refractivity contribution in [1.29, 1.82) is 0 Å². The van der Waals surface area contributed by atoms with Crippen molar-refractivity contribution >= 4 is 0 Å². The van der Waals surface area contributed by atoms with Gasteiger partial charge in [-0.15, -0.1) is 0 Å². The molecule has 0 aromatic rings. The first-order chi connectivity index (χ1) is 10.2. The molecule has 0 radical (unpaired) electrons. The van der Waals surface area contributed by atoms with Crippen LogP contribution in [0.2, 0.25) is 0 Å². The summed E-state index contributed by atoms with van der Waals surface area (Å²) >= 11 is 0. The zero-order chi connectivity index (χ0) is 16.5. The van der Waals surface area contributed by atoms with Gasteiger partial charge in [-0.2, -0.15) is 0 Å². The van der Waals surface area contributed by atoms with Gasteiger partial charge in [0.25, 0.3) is 0 Å². The van der Waals surface area contributed by atoms with Gasteiger partial charge < -0.3 is 9.84 Å². The van der Waals surface area contributed by atoms with Crippen LogP contribution in [0.4, 0.5) is 0 Å². The Balaban J connectivity index is 2.19. The lowest BCUT2D eigenvalue weighted by atomic mass is 9.57. The van der Waals surface area contributed by atoms with Gasteiger partial charge in [-0.3, -0.25) is 0 Å². The number of allylic oxidation sites excluding steroid dienone is 1. The molecule has 1 N–H and O–H groups in total. The predicted molar refractivity (Wildman–Crippen MR) is 92.8 cm³/mol. The Labute approximate surface area is 137 Å². The van der Waals surface area contributed by atoms with Gasteiger partial charge in [0.2, 0.25) is 0 Å². The van der Waals surface area contributed by atoms with Crippen molar-refractivity contribution in [2.75, 3.05) is 6.61 Å². The number of fused-ring (bicyclic) bond motifs is 1. The normalized spacial score (nSPS) is 38.8. The molecular weight excluding hydrogens is 272 g/mol. The smallest absolute Gasteiger partial charge is 0.0638 e. The first-order valence-electron chi connectivity index (χ1n) is 9.13. The molecule has 4 unspecified atom stereocenters. The van der Waals surface area contributed by atoms with Crippen LogP contribution in [-0.4, -0.2) is 23.4 Å². The maximum absolute atomic E-state index is 9.28. The number of hydrogen-bond acceptors (Lipinski definition) is 2. The highest BCUT2D eigenvalue weighted by atomic mass is 16.5. The molecule has 0 heterocycles. The molecule has 0 aliphatic heterocycles. The average Bonchev–Trinajstić information content (AvgIpc) is 2.71. The number of aliphatic hydroxyl groups excluding tert-OH is 1. The monoisotopic (exact) mass is 308 g/mol. The molecule has 2 rings (SSSR count). The van der Waals surface area contributed by atoms with E-state index in [4.69, 9.17) is 4.74 Å². The van der Waals surface area contributed by atoms with E-state index in [1.54, 1.807) is 0 Å². The van der Waals surface area contributed by atoms with Crippen LogP contribution >= 0.6 is 0 Å². The van der Waals surface area contributed by atoms with Crippen LogP contribution in [0.3, 0.4) is 0 Å². The van der Waals surface area contributed by atoms with Gasteiger partial charge in [0.1, 0.15) is 0 Å². The zero-order valence-corrected chi connectivity index (χ0v) is 15.3. The summed E-state index contributed by atoms with van der Waals surface area (Å²) in [7, 11) is 0. The summed E-state index contributed by atoms with van der Waals surface area (Å²) in [6.45, 7) is 15.7. The molecule has 2 saturated carbocycles. The Hall–Kier alpha value is -0.340. The van der Waals surface area contributed by atoms with E-state index in [1.165, 1.54) is 31.3 Å². The van der Waals surface area contributed by atoms with Gasteiger partial charge in [0.05, 0.1) is 11.7 Å². The quantitative estimate of drug-likeness (QED) is 0.727. The minimum atomic E-state index is -0.0611. The van der Waals surface area contributed by atoms with Crippen molar-refractivity contribution < 1.29 is 9.84 Å². The minimum absolute atomic E-state index is 0.0611. The second-order valence-corrected chi connectivity index (χ2v) is 8.93. The van der Waals surface area contributed by atoms with Crippen molar-refractivity contribution in [2.45, 2.75) is 84.8 Å². The van der Waals surface area contributed by atoms with Crippen LogP contribution in [0, 0.1) is 23.2 Å². The van der Waals surface area contributed by atoms with E-state index in [0.29, 0.717) is 30.0 Å². The predicted octanol–water partition coefficient (Wildman–Crippen LogP) is 4.96. The number of hydrogen-bond donors (Lipinski definition) is 1. The van der Waals surface area contributed by atoms with E-state index in [0.717, 1.165) is 18.8 Å². The SMILES string of the molecule is C=C(C)C1CC[C@]2(C)C(OC(C)(C)C)CCC2C1CCCO. The van der Waals surface area contributed by atoms with Gasteiger partial charge in [-0.1, -0.05) is 19.1 Å². The summed E-state index contributed by atoms with van der Waals surface area (Å²) in [6.07, 6.45) is 7.41. The van der Waals surface area contributed by atoms with Crippen molar-refractivity contribution in [2.24, 2.45) is 23.2 Å². The van der Waals surface area contributed by atoms with E-state index in [9.17, 15) is 5.11 Å². The standard InChI is InChI=1S/C20H36O2/c1-14(2)15-11-12-20(6)17(16(15)8-7-13-21)9-10-18(20)22-19(3,4)5/h15-18,21H,1,7-13H2,2-6H3/t15?,16?,17?,18?,20-/m0/s1. The molecule has 5 atom stereocenters. The summed E-state index contributed by atoms with van der Waals surface area (Å²) in [6, 6.07) is 0. The summed E-state index contributed by atoms with van der Waals surface area (Å²) in [5.74, 6) is 2.04. The molecule has 2 heteroatoms. The van der Waals surface area contributed by atoms with Crippen LogP contribution in [-0.2, 0) is 4.74 Å². The molecule has 128 valence electrons. The van der Waals surface area contributed by atoms with Crippen LogP contribution < -0.4 is 0 Å². The molecule has 2 fully saturated rings. The number of ether oxygens (including phenoxy) is 1. The molecule has 0 aromatic carbocycles. The lowest BCUT2D eigenvalue weighted by Gasteiger charge is -2.49. The third-order valence-electron chi connectivity index (χ3n) is 6.17. The molecule has 0 saturated heterocycles. The van der Waals surface area contributed by atoms with E-state index >= 15 is 0 Å². The lowest BCUT2D eigenvalue weighted by molar-refractivity contribution is -0.127. The summed E-state index contributed by atoms with van der Waals surface area (Å²) in [5, 5.41) is 9.28. The fourth-order valence-electron chi connectivity index (χ4n) is 5.20. The molecular formula is C20H36O2. The van der Waals surface area contributed by atoms with E-state index in [-0.39, 0.29) is 5.60 Å². The molecule has 22 heavy (non-hydrogen) atoms. The van der Waals surface area contributed by atoms with Crippen LogP contribution in [0.25, 0.3) is 0 Å². The third kappa shape index (κ3) is 3.59.